The van der Waals surface area contributed by atoms with Crippen LogP contribution in [0.3, 0.4) is 0 Å². The summed E-state index contributed by atoms with van der Waals surface area (Å²) in [5.41, 5.74) is 0. The molecule has 3 unspecified atom stereocenters. The number of carbonyl (C=O) groups is 2. The Labute approximate surface area is 114 Å². The maximum Gasteiger partial charge on any atom is 0.409 e. The van der Waals surface area contributed by atoms with Gasteiger partial charge in [0.2, 0.25) is 11.8 Å². The highest BCUT2D eigenvalue weighted by molar-refractivity contribution is 5.83. The molecule has 2 rings (SSSR count). The van der Waals surface area contributed by atoms with Gasteiger partial charge in [0, 0.05) is 12.1 Å². The minimum Gasteiger partial charge on any atom is -0.481 e. The van der Waals surface area contributed by atoms with E-state index in [9.17, 15) is 35.9 Å². The van der Waals surface area contributed by atoms with Gasteiger partial charge in [-0.05, 0) is 19.3 Å². The molecule has 0 saturated carbocycles. The highest BCUT2D eigenvalue weighted by Gasteiger charge is 2.65. The Bertz CT molecular complexity index is 446. The zero-order valence-electron chi connectivity index (χ0n) is 10.4. The summed E-state index contributed by atoms with van der Waals surface area (Å²) in [6, 6.07) is -1.96. The van der Waals surface area contributed by atoms with E-state index in [4.69, 9.17) is 5.11 Å². The molecule has 21 heavy (non-hydrogen) atoms. The lowest BCUT2D eigenvalue weighted by Crippen LogP contribution is -2.51. The molecule has 1 N–H and O–H groups in total. The molecule has 0 aliphatic carbocycles. The lowest BCUT2D eigenvalue weighted by molar-refractivity contribution is -0.278. The zero-order valence-corrected chi connectivity index (χ0v) is 10.4. The van der Waals surface area contributed by atoms with Gasteiger partial charge in [-0.25, -0.2) is 0 Å². The highest BCUT2D eigenvalue weighted by atomic mass is 19.4. The van der Waals surface area contributed by atoms with Gasteiger partial charge in [-0.2, -0.15) is 26.3 Å². The number of nitrogens with zero attached hydrogens (tertiary/aromatic N) is 1. The van der Waals surface area contributed by atoms with Gasteiger partial charge in [0.25, 0.3) is 0 Å². The fourth-order valence-electron chi connectivity index (χ4n) is 3.21. The van der Waals surface area contributed by atoms with E-state index in [1.54, 1.807) is 0 Å². The predicted octanol–water partition coefficient (Wildman–Crippen LogP) is 2.19. The van der Waals surface area contributed by atoms with Crippen LogP contribution in [-0.2, 0) is 9.59 Å². The van der Waals surface area contributed by atoms with E-state index >= 15 is 0 Å². The van der Waals surface area contributed by atoms with Crippen molar-refractivity contribution >= 4 is 11.9 Å². The van der Waals surface area contributed by atoms with Crippen LogP contribution in [0, 0.1) is 11.8 Å². The second kappa shape index (κ2) is 4.77. The van der Waals surface area contributed by atoms with E-state index in [1.807, 2.05) is 0 Å². The smallest absolute Gasteiger partial charge is 0.409 e. The van der Waals surface area contributed by atoms with E-state index < -0.39 is 48.1 Å². The number of carboxylic acids is 1. The maximum absolute atomic E-state index is 12.6. The fourth-order valence-corrected chi connectivity index (χ4v) is 3.21. The summed E-state index contributed by atoms with van der Waals surface area (Å²) in [6.07, 6.45) is -11.3. The molecule has 1 amide bonds. The van der Waals surface area contributed by atoms with Crippen molar-refractivity contribution in [2.45, 2.75) is 43.7 Å². The number of alkyl halides is 6. The molecule has 2 fully saturated rings. The largest absolute Gasteiger partial charge is 0.481 e. The van der Waals surface area contributed by atoms with Crippen molar-refractivity contribution in [2.75, 3.05) is 0 Å². The number of halogens is 6. The minimum absolute atomic E-state index is 0.103. The van der Waals surface area contributed by atoms with Gasteiger partial charge in [-0.1, -0.05) is 0 Å². The predicted molar refractivity (Wildman–Crippen MR) is 55.0 cm³/mol. The lowest BCUT2D eigenvalue weighted by Gasteiger charge is -2.30. The van der Waals surface area contributed by atoms with Crippen LogP contribution >= 0.6 is 0 Å². The highest BCUT2D eigenvalue weighted by Crippen LogP contribution is 2.47. The first kappa shape index (κ1) is 15.9. The summed E-state index contributed by atoms with van der Waals surface area (Å²) < 4.78 is 75.4. The van der Waals surface area contributed by atoms with Crippen LogP contribution in [0.15, 0.2) is 0 Å². The standard InChI is InChI=1S/C11H11F6NO3/c12-10(13,14)7(11(15,16)17)8(19)18-4-1-2-6(18)5(3-4)9(20)21/h4-7H,1-3H2,(H,20,21). The van der Waals surface area contributed by atoms with Gasteiger partial charge in [0.05, 0.1) is 5.92 Å². The average molecular weight is 319 g/mol. The molecule has 0 radical (unpaired) electrons. The summed E-state index contributed by atoms with van der Waals surface area (Å²) in [5, 5.41) is 8.91. The van der Waals surface area contributed by atoms with E-state index in [0.29, 0.717) is 4.90 Å². The molecule has 2 aliphatic rings. The molecule has 2 aliphatic heterocycles. The van der Waals surface area contributed by atoms with Crippen LogP contribution in [0.4, 0.5) is 26.3 Å². The molecule has 10 heteroatoms. The Morgan fingerprint density at radius 3 is 1.95 bits per heavy atom. The Kier molecular flexibility index (Phi) is 3.61. The van der Waals surface area contributed by atoms with E-state index in [2.05, 4.69) is 0 Å². The van der Waals surface area contributed by atoms with Crippen LogP contribution in [-0.4, -0.2) is 46.3 Å². The first-order valence-corrected chi connectivity index (χ1v) is 6.13. The molecule has 0 aromatic rings. The van der Waals surface area contributed by atoms with Crippen molar-refractivity contribution in [3.8, 4) is 0 Å². The number of fused-ring (bicyclic) bond motifs is 2. The van der Waals surface area contributed by atoms with Gasteiger partial charge in [-0.15, -0.1) is 0 Å². The molecule has 3 atom stereocenters. The molecule has 2 saturated heterocycles. The number of rotatable bonds is 2. The van der Waals surface area contributed by atoms with Gasteiger partial charge in [0.1, 0.15) is 0 Å². The monoisotopic (exact) mass is 319 g/mol. The number of hydrogen-bond acceptors (Lipinski definition) is 2. The fraction of sp³-hybridized carbons (Fsp3) is 0.818. The molecular weight excluding hydrogens is 308 g/mol. The number of carbonyl (C=O) groups excluding carboxylic acids is 1. The minimum atomic E-state index is -5.75. The summed E-state index contributed by atoms with van der Waals surface area (Å²) in [6.45, 7) is 0. The third-order valence-electron chi connectivity index (χ3n) is 4.01. The summed E-state index contributed by atoms with van der Waals surface area (Å²) in [7, 11) is 0. The van der Waals surface area contributed by atoms with Crippen LogP contribution in [0.1, 0.15) is 19.3 Å². The number of amides is 1. The molecule has 2 bridgehead atoms. The third-order valence-corrected chi connectivity index (χ3v) is 4.01. The van der Waals surface area contributed by atoms with Gasteiger partial charge < -0.3 is 10.0 Å². The summed E-state index contributed by atoms with van der Waals surface area (Å²) in [4.78, 5) is 23.2. The average Bonchev–Trinajstić information content (AvgIpc) is 2.80. The first-order valence-electron chi connectivity index (χ1n) is 6.13. The van der Waals surface area contributed by atoms with Crippen molar-refractivity contribution in [3.63, 3.8) is 0 Å². The van der Waals surface area contributed by atoms with Crippen molar-refractivity contribution < 1.29 is 41.0 Å². The Balaban J connectivity index is 2.29. The lowest BCUT2D eigenvalue weighted by atomic mass is 9.89. The molecule has 120 valence electrons. The quantitative estimate of drug-likeness (QED) is 0.794. The molecule has 0 spiro atoms. The van der Waals surface area contributed by atoms with E-state index in [-0.39, 0.29) is 19.3 Å². The number of carboxylic acid groups (broad SMARTS) is 1. The SMILES string of the molecule is O=C(O)C1CC2CCC1N2C(=O)C(C(F)(F)F)C(F)(F)F. The van der Waals surface area contributed by atoms with Gasteiger partial charge in [-0.3, -0.25) is 9.59 Å². The number of aliphatic carboxylic acids is 1. The Morgan fingerprint density at radius 1 is 1.05 bits per heavy atom. The topological polar surface area (TPSA) is 57.6 Å². The van der Waals surface area contributed by atoms with Crippen molar-refractivity contribution in [2.24, 2.45) is 11.8 Å². The summed E-state index contributed by atoms with van der Waals surface area (Å²) >= 11 is 0. The zero-order chi connectivity index (χ0) is 16.2. The van der Waals surface area contributed by atoms with Crippen LogP contribution in [0.25, 0.3) is 0 Å². The molecule has 4 nitrogen and oxygen atoms in total. The van der Waals surface area contributed by atoms with Crippen molar-refractivity contribution in [1.29, 1.82) is 0 Å². The molecular formula is C11H11F6NO3. The molecule has 0 aromatic heterocycles. The van der Waals surface area contributed by atoms with Crippen molar-refractivity contribution in [1.82, 2.24) is 4.90 Å². The van der Waals surface area contributed by atoms with Crippen LogP contribution in [0.2, 0.25) is 0 Å². The Hall–Kier alpha value is -1.48. The maximum atomic E-state index is 12.6. The molecule has 0 aromatic carbocycles. The van der Waals surface area contributed by atoms with Crippen LogP contribution < -0.4 is 0 Å². The van der Waals surface area contributed by atoms with Crippen LogP contribution in [0.5, 0.6) is 0 Å². The van der Waals surface area contributed by atoms with Crippen molar-refractivity contribution in [3.05, 3.63) is 0 Å². The van der Waals surface area contributed by atoms with Gasteiger partial charge >= 0.3 is 18.3 Å². The second-order valence-corrected chi connectivity index (χ2v) is 5.24. The third kappa shape index (κ3) is 2.67. The summed E-state index contributed by atoms with van der Waals surface area (Å²) in [5.74, 6) is -8.60. The molecule has 2 heterocycles. The number of hydrogen-bond donors (Lipinski definition) is 1. The Morgan fingerprint density at radius 2 is 1.57 bits per heavy atom. The van der Waals surface area contributed by atoms with E-state index in [0.717, 1.165) is 0 Å². The normalized spacial score (nSPS) is 29.3. The second-order valence-electron chi connectivity index (χ2n) is 5.24. The first-order chi connectivity index (χ1) is 9.44. The van der Waals surface area contributed by atoms with E-state index in [1.165, 1.54) is 0 Å². The van der Waals surface area contributed by atoms with Gasteiger partial charge in [0.15, 0.2) is 0 Å².